The fourth-order valence-corrected chi connectivity index (χ4v) is 2.09. The monoisotopic (exact) mass is 335 g/mol. The largest absolute Gasteiger partial charge is 0.481 e. The Balaban J connectivity index is 2.81. The molecule has 0 aliphatic rings. The van der Waals surface area contributed by atoms with Crippen LogP contribution in [0.2, 0.25) is 0 Å². The summed E-state index contributed by atoms with van der Waals surface area (Å²) < 4.78 is 0. The van der Waals surface area contributed by atoms with Crippen LogP contribution in [-0.4, -0.2) is 47.5 Å². The summed E-state index contributed by atoms with van der Waals surface area (Å²) in [6.07, 6.45) is 0.285. The molecule has 3 amide bonds. The van der Waals surface area contributed by atoms with Crippen molar-refractivity contribution in [3.63, 3.8) is 0 Å². The van der Waals surface area contributed by atoms with Crippen LogP contribution in [0.5, 0.6) is 0 Å². The normalized spacial score (nSPS) is 10.9. The standard InChI is InChI=1S/C17H25N3O4/c1-11-6-7-12(15(23)20(4)5)10-13(11)18-16(24)19-17(2,3)9-8-14(21)22/h6-7,10H,8-9H2,1-5H3,(H,21,22)(H2,18,19,24). The molecule has 0 aliphatic heterocycles. The SMILES string of the molecule is Cc1ccc(C(=O)N(C)C)cc1NC(=O)NC(C)(C)CCC(=O)O. The molecule has 0 atom stereocenters. The van der Waals surface area contributed by atoms with Crippen molar-refractivity contribution in [3.05, 3.63) is 29.3 Å². The van der Waals surface area contributed by atoms with Gasteiger partial charge in [-0.2, -0.15) is 0 Å². The van der Waals surface area contributed by atoms with Gasteiger partial charge in [0.05, 0.1) is 0 Å². The van der Waals surface area contributed by atoms with Gasteiger partial charge in [-0.3, -0.25) is 9.59 Å². The predicted molar refractivity (Wildman–Crippen MR) is 92.3 cm³/mol. The van der Waals surface area contributed by atoms with Gasteiger partial charge in [0.25, 0.3) is 5.91 Å². The molecule has 7 heteroatoms. The van der Waals surface area contributed by atoms with Crippen molar-refractivity contribution in [1.82, 2.24) is 10.2 Å². The summed E-state index contributed by atoms with van der Waals surface area (Å²) in [5.74, 6) is -1.06. The van der Waals surface area contributed by atoms with E-state index in [9.17, 15) is 14.4 Å². The molecule has 0 aliphatic carbocycles. The van der Waals surface area contributed by atoms with Gasteiger partial charge in [-0.25, -0.2) is 4.79 Å². The van der Waals surface area contributed by atoms with Crippen LogP contribution >= 0.6 is 0 Å². The lowest BCUT2D eigenvalue weighted by Crippen LogP contribution is -2.45. The fourth-order valence-electron chi connectivity index (χ4n) is 2.09. The number of aliphatic carboxylic acids is 1. The molecule has 0 saturated carbocycles. The molecule has 1 aromatic rings. The van der Waals surface area contributed by atoms with Crippen molar-refractivity contribution >= 4 is 23.6 Å². The number of anilines is 1. The Morgan fingerprint density at radius 1 is 1.21 bits per heavy atom. The van der Waals surface area contributed by atoms with E-state index in [1.54, 1.807) is 46.1 Å². The lowest BCUT2D eigenvalue weighted by molar-refractivity contribution is -0.137. The summed E-state index contributed by atoms with van der Waals surface area (Å²) in [6.45, 7) is 5.35. The number of rotatable bonds is 6. The topological polar surface area (TPSA) is 98.7 Å². The summed E-state index contributed by atoms with van der Waals surface area (Å²) in [4.78, 5) is 36.3. The van der Waals surface area contributed by atoms with Crippen molar-refractivity contribution in [2.45, 2.75) is 39.2 Å². The van der Waals surface area contributed by atoms with Gasteiger partial charge >= 0.3 is 12.0 Å². The maximum absolute atomic E-state index is 12.2. The Bertz CT molecular complexity index is 639. The van der Waals surface area contributed by atoms with Crippen molar-refractivity contribution in [2.24, 2.45) is 0 Å². The third kappa shape index (κ3) is 5.91. The highest BCUT2D eigenvalue weighted by Gasteiger charge is 2.22. The molecule has 0 heterocycles. The molecule has 0 unspecified atom stereocenters. The first-order chi connectivity index (χ1) is 11.0. The molecule has 132 valence electrons. The molecule has 24 heavy (non-hydrogen) atoms. The molecule has 0 radical (unpaired) electrons. The molecule has 1 rings (SSSR count). The lowest BCUT2D eigenvalue weighted by atomic mass is 9.99. The van der Waals surface area contributed by atoms with Crippen molar-refractivity contribution in [3.8, 4) is 0 Å². The quantitative estimate of drug-likeness (QED) is 0.743. The summed E-state index contributed by atoms with van der Waals surface area (Å²) in [7, 11) is 3.32. The summed E-state index contributed by atoms with van der Waals surface area (Å²) in [6, 6.07) is 4.66. The van der Waals surface area contributed by atoms with Gasteiger partial charge in [0, 0.05) is 37.3 Å². The minimum absolute atomic E-state index is 0.0286. The van der Waals surface area contributed by atoms with E-state index >= 15 is 0 Å². The molecule has 3 N–H and O–H groups in total. The number of benzene rings is 1. The molecular formula is C17H25N3O4. The van der Waals surface area contributed by atoms with E-state index < -0.39 is 17.5 Å². The van der Waals surface area contributed by atoms with E-state index in [1.165, 1.54) is 4.90 Å². The van der Waals surface area contributed by atoms with Crippen molar-refractivity contribution in [2.75, 3.05) is 19.4 Å². The molecule has 0 aromatic heterocycles. The van der Waals surface area contributed by atoms with Gasteiger partial charge in [-0.05, 0) is 44.9 Å². The first-order valence-electron chi connectivity index (χ1n) is 7.65. The van der Waals surface area contributed by atoms with Crippen LogP contribution in [-0.2, 0) is 4.79 Å². The Morgan fingerprint density at radius 2 is 1.83 bits per heavy atom. The second kappa shape index (κ2) is 7.81. The number of aryl methyl sites for hydroxylation is 1. The molecule has 1 aromatic carbocycles. The van der Waals surface area contributed by atoms with Crippen LogP contribution in [0.1, 0.15) is 42.6 Å². The summed E-state index contributed by atoms with van der Waals surface area (Å²) in [5.41, 5.74) is 1.18. The average Bonchev–Trinajstić information content (AvgIpc) is 2.46. The van der Waals surface area contributed by atoms with E-state index in [-0.39, 0.29) is 12.3 Å². The maximum atomic E-state index is 12.2. The molecule has 0 spiro atoms. The minimum atomic E-state index is -0.906. The van der Waals surface area contributed by atoms with Crippen LogP contribution in [0.25, 0.3) is 0 Å². The molecule has 0 bridgehead atoms. The summed E-state index contributed by atoms with van der Waals surface area (Å²) in [5, 5.41) is 14.2. The highest BCUT2D eigenvalue weighted by molar-refractivity contribution is 5.97. The smallest absolute Gasteiger partial charge is 0.319 e. The number of urea groups is 1. The highest BCUT2D eigenvalue weighted by atomic mass is 16.4. The average molecular weight is 335 g/mol. The minimum Gasteiger partial charge on any atom is -0.481 e. The molecular weight excluding hydrogens is 310 g/mol. The van der Waals surface area contributed by atoms with E-state index in [4.69, 9.17) is 5.11 Å². The Labute approximate surface area is 142 Å². The number of carbonyl (C=O) groups is 3. The van der Waals surface area contributed by atoms with Crippen LogP contribution in [0.15, 0.2) is 18.2 Å². The number of amides is 3. The van der Waals surface area contributed by atoms with Crippen LogP contribution in [0, 0.1) is 6.92 Å². The van der Waals surface area contributed by atoms with Crippen LogP contribution < -0.4 is 10.6 Å². The molecule has 0 saturated heterocycles. The van der Waals surface area contributed by atoms with Crippen molar-refractivity contribution in [1.29, 1.82) is 0 Å². The second-order valence-electron chi connectivity index (χ2n) is 6.59. The van der Waals surface area contributed by atoms with Gasteiger partial charge in [0.15, 0.2) is 0 Å². The van der Waals surface area contributed by atoms with Crippen LogP contribution in [0.4, 0.5) is 10.5 Å². The van der Waals surface area contributed by atoms with Gasteiger partial charge in [0.2, 0.25) is 0 Å². The number of carboxylic acid groups (broad SMARTS) is 1. The number of carboxylic acids is 1. The number of hydrogen-bond acceptors (Lipinski definition) is 3. The van der Waals surface area contributed by atoms with Gasteiger partial charge in [0.1, 0.15) is 0 Å². The number of nitrogens with one attached hydrogen (secondary N) is 2. The second-order valence-corrected chi connectivity index (χ2v) is 6.59. The third-order valence-corrected chi connectivity index (χ3v) is 3.55. The first-order valence-corrected chi connectivity index (χ1v) is 7.65. The Morgan fingerprint density at radius 3 is 2.38 bits per heavy atom. The first kappa shape index (κ1) is 19.5. The fraction of sp³-hybridized carbons (Fsp3) is 0.471. The van der Waals surface area contributed by atoms with Gasteiger partial charge in [-0.15, -0.1) is 0 Å². The summed E-state index contributed by atoms with van der Waals surface area (Å²) >= 11 is 0. The van der Waals surface area contributed by atoms with E-state index in [1.807, 2.05) is 6.92 Å². The number of nitrogens with zero attached hydrogens (tertiary/aromatic N) is 1. The zero-order valence-electron chi connectivity index (χ0n) is 14.8. The van der Waals surface area contributed by atoms with E-state index in [2.05, 4.69) is 10.6 Å². The number of carbonyl (C=O) groups excluding carboxylic acids is 2. The lowest BCUT2D eigenvalue weighted by Gasteiger charge is -2.26. The van der Waals surface area contributed by atoms with E-state index in [0.717, 1.165) is 5.56 Å². The van der Waals surface area contributed by atoms with Gasteiger partial charge in [-0.1, -0.05) is 6.07 Å². The zero-order valence-corrected chi connectivity index (χ0v) is 14.8. The number of hydrogen-bond donors (Lipinski definition) is 3. The highest BCUT2D eigenvalue weighted by Crippen LogP contribution is 2.18. The zero-order chi connectivity index (χ0) is 18.5. The van der Waals surface area contributed by atoms with E-state index in [0.29, 0.717) is 17.7 Å². The maximum Gasteiger partial charge on any atom is 0.319 e. The predicted octanol–water partition coefficient (Wildman–Crippen LogP) is 2.46. The van der Waals surface area contributed by atoms with Crippen molar-refractivity contribution < 1.29 is 19.5 Å². The van der Waals surface area contributed by atoms with Gasteiger partial charge < -0.3 is 20.6 Å². The third-order valence-electron chi connectivity index (χ3n) is 3.55. The Kier molecular flexibility index (Phi) is 6.34. The molecule has 0 fully saturated rings. The Hall–Kier alpha value is -2.57. The molecule has 7 nitrogen and oxygen atoms in total. The van der Waals surface area contributed by atoms with Crippen LogP contribution in [0.3, 0.4) is 0 Å².